The van der Waals surface area contributed by atoms with Crippen molar-refractivity contribution >= 4 is 17.2 Å². The van der Waals surface area contributed by atoms with Gasteiger partial charge in [-0.1, -0.05) is 31.3 Å². The molecule has 1 aromatic heterocycles. The number of aromatic nitrogens is 1. The monoisotopic (exact) mass is 206 g/mol. The number of nitrogens with zero attached hydrogens (tertiary/aromatic N) is 1. The number of hydrogen-bond donors (Lipinski definition) is 1. The van der Waals surface area contributed by atoms with Crippen LogP contribution in [0.1, 0.15) is 18.5 Å². The summed E-state index contributed by atoms with van der Waals surface area (Å²) in [6, 6.07) is 5.85. The van der Waals surface area contributed by atoms with Crippen molar-refractivity contribution in [3.63, 3.8) is 0 Å². The van der Waals surface area contributed by atoms with E-state index in [1.54, 1.807) is 12.3 Å². The summed E-state index contributed by atoms with van der Waals surface area (Å²) in [6.45, 7) is 6.37. The normalized spacial score (nSPS) is 11.8. The van der Waals surface area contributed by atoms with Crippen molar-refractivity contribution in [2.45, 2.75) is 12.8 Å². The maximum absolute atomic E-state index is 5.23. The number of rotatable bonds is 4. The van der Waals surface area contributed by atoms with Crippen molar-refractivity contribution in [2.75, 3.05) is 6.54 Å². The van der Waals surface area contributed by atoms with Crippen molar-refractivity contribution in [1.29, 1.82) is 0 Å². The van der Waals surface area contributed by atoms with E-state index in [4.69, 9.17) is 12.2 Å². The molecular weight excluding hydrogens is 192 g/mol. The lowest BCUT2D eigenvalue weighted by atomic mass is 10.1. The molecule has 0 radical (unpaired) electrons. The number of pyridine rings is 1. The zero-order valence-electron chi connectivity index (χ0n) is 8.23. The van der Waals surface area contributed by atoms with Gasteiger partial charge >= 0.3 is 0 Å². The van der Waals surface area contributed by atoms with Crippen molar-refractivity contribution in [3.05, 3.63) is 42.7 Å². The first kappa shape index (κ1) is 10.9. The molecule has 1 N–H and O–H groups in total. The Morgan fingerprint density at radius 2 is 2.50 bits per heavy atom. The molecule has 1 rings (SSSR count). The summed E-state index contributed by atoms with van der Waals surface area (Å²) in [5.74, 6) is 0.158. The van der Waals surface area contributed by atoms with Crippen LogP contribution in [0.4, 0.5) is 0 Å². The fourth-order valence-corrected chi connectivity index (χ4v) is 1.30. The first-order chi connectivity index (χ1) is 6.75. The molecule has 0 bridgehead atoms. The summed E-state index contributed by atoms with van der Waals surface area (Å²) in [6.07, 6.45) is 3.57. The minimum Gasteiger partial charge on any atom is -0.376 e. The molecular formula is C11H14N2S. The van der Waals surface area contributed by atoms with Gasteiger partial charge in [-0.3, -0.25) is 4.98 Å². The smallest absolute Gasteiger partial charge is 0.0844 e. The van der Waals surface area contributed by atoms with E-state index in [-0.39, 0.29) is 5.92 Å². The Morgan fingerprint density at radius 1 is 1.71 bits per heavy atom. The average Bonchev–Trinajstić information content (AvgIpc) is 2.26. The first-order valence-electron chi connectivity index (χ1n) is 4.55. The second kappa shape index (κ2) is 5.50. The highest BCUT2D eigenvalue weighted by molar-refractivity contribution is 7.80. The van der Waals surface area contributed by atoms with Crippen molar-refractivity contribution in [2.24, 2.45) is 0 Å². The Kier molecular flexibility index (Phi) is 4.26. The summed E-state index contributed by atoms with van der Waals surface area (Å²) < 4.78 is 0. The highest BCUT2D eigenvalue weighted by Crippen LogP contribution is 2.12. The largest absolute Gasteiger partial charge is 0.376 e. The zero-order chi connectivity index (χ0) is 10.4. The van der Waals surface area contributed by atoms with Crippen LogP contribution in [0.5, 0.6) is 0 Å². The predicted octanol–water partition coefficient (Wildman–Crippen LogP) is 2.29. The van der Waals surface area contributed by atoms with Crippen molar-refractivity contribution in [1.82, 2.24) is 10.3 Å². The molecule has 0 saturated heterocycles. The number of nitrogens with one attached hydrogen (secondary N) is 1. The number of thiocarbonyl (C=S) groups is 1. The quantitative estimate of drug-likeness (QED) is 0.604. The summed E-state index contributed by atoms with van der Waals surface area (Å²) >= 11 is 5.23. The van der Waals surface area contributed by atoms with Crippen LogP contribution < -0.4 is 5.32 Å². The van der Waals surface area contributed by atoms with Crippen LogP contribution in [0.15, 0.2) is 37.1 Å². The molecule has 1 atom stereocenters. The lowest BCUT2D eigenvalue weighted by Gasteiger charge is -2.13. The van der Waals surface area contributed by atoms with Crippen LogP contribution in [0.2, 0.25) is 0 Å². The maximum atomic E-state index is 5.23. The van der Waals surface area contributed by atoms with Crippen LogP contribution in [-0.2, 0) is 0 Å². The molecule has 0 aliphatic rings. The van der Waals surface area contributed by atoms with Crippen LogP contribution in [0, 0.1) is 0 Å². The van der Waals surface area contributed by atoms with Gasteiger partial charge in [-0.25, -0.2) is 0 Å². The molecule has 0 spiro atoms. The second-order valence-corrected chi connectivity index (χ2v) is 3.45. The molecule has 0 saturated carbocycles. The van der Waals surface area contributed by atoms with Gasteiger partial charge in [0.2, 0.25) is 0 Å². The van der Waals surface area contributed by atoms with Gasteiger partial charge in [0.15, 0.2) is 0 Å². The lowest BCUT2D eigenvalue weighted by molar-refractivity contribution is 0.901. The summed E-state index contributed by atoms with van der Waals surface area (Å²) in [4.78, 5) is 5.06. The van der Waals surface area contributed by atoms with Gasteiger partial charge in [0.1, 0.15) is 0 Å². The molecule has 2 nitrogen and oxygen atoms in total. The first-order valence-corrected chi connectivity index (χ1v) is 4.96. The van der Waals surface area contributed by atoms with E-state index in [1.165, 1.54) is 0 Å². The lowest BCUT2D eigenvalue weighted by Crippen LogP contribution is -2.26. The van der Waals surface area contributed by atoms with E-state index in [0.717, 1.165) is 10.7 Å². The third-order valence-electron chi connectivity index (χ3n) is 1.95. The molecule has 0 aliphatic carbocycles. The molecule has 0 amide bonds. The zero-order valence-corrected chi connectivity index (χ0v) is 9.05. The van der Waals surface area contributed by atoms with Crippen LogP contribution in [0.3, 0.4) is 0 Å². The molecule has 3 heteroatoms. The van der Waals surface area contributed by atoms with Gasteiger partial charge in [-0.05, 0) is 12.1 Å². The Labute approximate surface area is 90.1 Å². The standard InChI is InChI=1S/C11H14N2S/c1-3-7-13-11(14)9(2)10-6-4-5-8-12-10/h3-6,8-9H,1,7H2,2H3,(H,13,14). The van der Waals surface area contributed by atoms with E-state index >= 15 is 0 Å². The molecule has 0 fully saturated rings. The minimum absolute atomic E-state index is 0.158. The van der Waals surface area contributed by atoms with Crippen LogP contribution >= 0.6 is 12.2 Å². The van der Waals surface area contributed by atoms with Gasteiger partial charge in [0.25, 0.3) is 0 Å². The fourth-order valence-electron chi connectivity index (χ4n) is 1.09. The van der Waals surface area contributed by atoms with Gasteiger partial charge in [-0.2, -0.15) is 0 Å². The van der Waals surface area contributed by atoms with E-state index < -0.39 is 0 Å². The van der Waals surface area contributed by atoms with Crippen LogP contribution in [-0.4, -0.2) is 16.5 Å². The Balaban J connectivity index is 2.61. The van der Waals surface area contributed by atoms with Gasteiger partial charge in [-0.15, -0.1) is 6.58 Å². The van der Waals surface area contributed by atoms with Crippen molar-refractivity contribution < 1.29 is 0 Å². The van der Waals surface area contributed by atoms with E-state index in [2.05, 4.69) is 16.9 Å². The Hall–Kier alpha value is -1.22. The molecule has 1 aromatic rings. The van der Waals surface area contributed by atoms with Gasteiger partial charge in [0, 0.05) is 24.4 Å². The minimum atomic E-state index is 0.158. The summed E-state index contributed by atoms with van der Waals surface area (Å²) in [5, 5.41) is 3.10. The third-order valence-corrected chi connectivity index (χ3v) is 2.44. The molecule has 0 aromatic carbocycles. The SMILES string of the molecule is C=CCNC(=S)C(C)c1ccccn1. The highest BCUT2D eigenvalue weighted by Gasteiger charge is 2.10. The van der Waals surface area contributed by atoms with Crippen LogP contribution in [0.25, 0.3) is 0 Å². The van der Waals surface area contributed by atoms with Crippen molar-refractivity contribution in [3.8, 4) is 0 Å². The van der Waals surface area contributed by atoms with E-state index in [0.29, 0.717) is 6.54 Å². The molecule has 14 heavy (non-hydrogen) atoms. The van der Waals surface area contributed by atoms with E-state index in [1.807, 2.05) is 25.1 Å². The molecule has 1 unspecified atom stereocenters. The Bertz CT molecular complexity index is 308. The summed E-state index contributed by atoms with van der Waals surface area (Å²) in [7, 11) is 0. The Morgan fingerprint density at radius 3 is 3.07 bits per heavy atom. The summed E-state index contributed by atoms with van der Waals surface area (Å²) in [5.41, 5.74) is 0.995. The predicted molar refractivity (Wildman–Crippen MR) is 63.4 cm³/mol. The van der Waals surface area contributed by atoms with E-state index in [9.17, 15) is 0 Å². The highest BCUT2D eigenvalue weighted by atomic mass is 32.1. The molecule has 0 aliphatic heterocycles. The van der Waals surface area contributed by atoms with Gasteiger partial charge < -0.3 is 5.32 Å². The fraction of sp³-hybridized carbons (Fsp3) is 0.273. The molecule has 74 valence electrons. The number of hydrogen-bond acceptors (Lipinski definition) is 2. The second-order valence-electron chi connectivity index (χ2n) is 3.01. The molecule has 1 heterocycles. The maximum Gasteiger partial charge on any atom is 0.0844 e. The van der Waals surface area contributed by atoms with Gasteiger partial charge in [0.05, 0.1) is 4.99 Å². The topological polar surface area (TPSA) is 24.9 Å². The third kappa shape index (κ3) is 2.92. The average molecular weight is 206 g/mol.